The van der Waals surface area contributed by atoms with Gasteiger partial charge in [-0.25, -0.2) is 0 Å². The van der Waals surface area contributed by atoms with Gasteiger partial charge in [0, 0.05) is 19.2 Å². The normalized spacial score (nSPS) is 16.9. The summed E-state index contributed by atoms with van der Waals surface area (Å²) in [6, 6.07) is 9.16. The van der Waals surface area contributed by atoms with E-state index < -0.39 is 32.4 Å². The van der Waals surface area contributed by atoms with E-state index in [4.69, 9.17) is 9.47 Å². The summed E-state index contributed by atoms with van der Waals surface area (Å²) < 4.78 is 10.7. The molecule has 2 fully saturated rings. The minimum atomic E-state index is -0.781. The number of thioether (sulfide) groups is 1. The molecule has 36 heavy (non-hydrogen) atoms. The molecule has 2 saturated heterocycles. The number of hydrogen-bond donors (Lipinski definition) is 0. The van der Waals surface area contributed by atoms with Gasteiger partial charge in [0.25, 0.3) is 16.8 Å². The molecule has 0 aliphatic carbocycles. The SMILES string of the molecule is O=C(CN1C(=O)S/C(=C\c2ccc(Oc3ccc([N+](=O)[O-])cc3[N+](=O)[O-])cc2)C1=O)N1CCOCC1. The summed E-state index contributed by atoms with van der Waals surface area (Å²) in [7, 11) is 0. The first-order valence-electron chi connectivity index (χ1n) is 10.5. The second-order valence-electron chi connectivity index (χ2n) is 7.60. The lowest BCUT2D eigenvalue weighted by Gasteiger charge is -2.28. The lowest BCUT2D eigenvalue weighted by molar-refractivity contribution is -0.394. The van der Waals surface area contributed by atoms with Crippen LogP contribution in [0.5, 0.6) is 11.5 Å². The van der Waals surface area contributed by atoms with Crippen LogP contribution in [0.4, 0.5) is 16.2 Å². The first kappa shape index (κ1) is 24.8. The second kappa shape index (κ2) is 10.5. The Morgan fingerprint density at radius 2 is 1.75 bits per heavy atom. The van der Waals surface area contributed by atoms with Gasteiger partial charge < -0.3 is 14.4 Å². The van der Waals surface area contributed by atoms with Crippen LogP contribution in [0, 0.1) is 20.2 Å². The predicted octanol–water partition coefficient (Wildman–Crippen LogP) is 3.19. The number of imide groups is 1. The maximum atomic E-state index is 12.7. The molecule has 0 unspecified atom stereocenters. The Morgan fingerprint density at radius 3 is 2.39 bits per heavy atom. The zero-order chi connectivity index (χ0) is 25.8. The number of nitro benzene ring substituents is 2. The van der Waals surface area contributed by atoms with E-state index >= 15 is 0 Å². The summed E-state index contributed by atoms with van der Waals surface area (Å²) in [6.07, 6.45) is 1.49. The number of amides is 3. The summed E-state index contributed by atoms with van der Waals surface area (Å²) in [4.78, 5) is 60.7. The highest BCUT2D eigenvalue weighted by Gasteiger charge is 2.37. The quantitative estimate of drug-likeness (QED) is 0.305. The van der Waals surface area contributed by atoms with Crippen molar-refractivity contribution in [3.05, 3.63) is 73.2 Å². The molecule has 186 valence electrons. The Bertz CT molecular complexity index is 1270. The monoisotopic (exact) mass is 514 g/mol. The topological polar surface area (TPSA) is 162 Å². The number of ether oxygens (including phenoxy) is 2. The van der Waals surface area contributed by atoms with E-state index in [-0.39, 0.29) is 28.9 Å². The Kier molecular flexibility index (Phi) is 7.26. The fourth-order valence-electron chi connectivity index (χ4n) is 3.44. The molecule has 4 rings (SSSR count). The summed E-state index contributed by atoms with van der Waals surface area (Å²) in [5.74, 6) is -0.866. The van der Waals surface area contributed by atoms with E-state index in [9.17, 15) is 34.6 Å². The first-order valence-corrected chi connectivity index (χ1v) is 11.4. The third-order valence-electron chi connectivity index (χ3n) is 5.29. The lowest BCUT2D eigenvalue weighted by Crippen LogP contribution is -2.46. The molecule has 14 heteroatoms. The third-order valence-corrected chi connectivity index (χ3v) is 6.19. The minimum absolute atomic E-state index is 0.148. The van der Waals surface area contributed by atoms with E-state index in [1.807, 2.05) is 0 Å². The van der Waals surface area contributed by atoms with E-state index in [1.54, 1.807) is 17.0 Å². The van der Waals surface area contributed by atoms with Gasteiger partial charge in [-0.15, -0.1) is 0 Å². The van der Waals surface area contributed by atoms with Crippen molar-refractivity contribution in [2.45, 2.75) is 0 Å². The van der Waals surface area contributed by atoms with Gasteiger partial charge in [0.05, 0.1) is 34.0 Å². The first-order chi connectivity index (χ1) is 17.2. The van der Waals surface area contributed by atoms with Crippen LogP contribution >= 0.6 is 11.8 Å². The number of morpholine rings is 1. The van der Waals surface area contributed by atoms with Crippen LogP contribution in [0.2, 0.25) is 0 Å². The van der Waals surface area contributed by atoms with Gasteiger partial charge in [-0.3, -0.25) is 39.5 Å². The van der Waals surface area contributed by atoms with Gasteiger partial charge in [-0.2, -0.15) is 0 Å². The predicted molar refractivity (Wildman–Crippen MR) is 126 cm³/mol. The van der Waals surface area contributed by atoms with Crippen molar-refractivity contribution in [2.75, 3.05) is 32.8 Å². The van der Waals surface area contributed by atoms with Crippen molar-refractivity contribution in [1.29, 1.82) is 0 Å². The van der Waals surface area contributed by atoms with Crippen LogP contribution in [-0.2, 0) is 14.3 Å². The van der Waals surface area contributed by atoms with E-state index in [0.717, 1.165) is 34.9 Å². The van der Waals surface area contributed by atoms with Gasteiger partial charge in [-0.1, -0.05) is 12.1 Å². The van der Waals surface area contributed by atoms with Crippen LogP contribution in [-0.4, -0.2) is 69.5 Å². The summed E-state index contributed by atoms with van der Waals surface area (Å²) in [5, 5.41) is 21.6. The highest BCUT2D eigenvalue weighted by Crippen LogP contribution is 2.35. The minimum Gasteiger partial charge on any atom is -0.450 e. The number of rotatable bonds is 7. The van der Waals surface area contributed by atoms with Crippen molar-refractivity contribution in [3.63, 3.8) is 0 Å². The molecule has 0 aromatic heterocycles. The van der Waals surface area contributed by atoms with Crippen LogP contribution in [0.15, 0.2) is 47.4 Å². The Hall–Kier alpha value is -4.30. The Balaban J connectivity index is 1.44. The number of benzene rings is 2. The Morgan fingerprint density at radius 1 is 1.06 bits per heavy atom. The maximum absolute atomic E-state index is 12.7. The lowest BCUT2D eigenvalue weighted by atomic mass is 10.2. The average molecular weight is 514 g/mol. The molecule has 0 radical (unpaired) electrons. The molecule has 0 spiro atoms. The average Bonchev–Trinajstić information content (AvgIpc) is 3.12. The van der Waals surface area contributed by atoms with Gasteiger partial charge >= 0.3 is 5.69 Å². The van der Waals surface area contributed by atoms with Crippen LogP contribution in [0.25, 0.3) is 6.08 Å². The van der Waals surface area contributed by atoms with Gasteiger partial charge in [0.2, 0.25) is 11.7 Å². The van der Waals surface area contributed by atoms with Crippen LogP contribution < -0.4 is 4.74 Å². The number of nitro groups is 2. The van der Waals surface area contributed by atoms with Crippen molar-refractivity contribution < 1.29 is 33.7 Å². The molecule has 3 amide bonds. The highest BCUT2D eigenvalue weighted by atomic mass is 32.2. The second-order valence-corrected chi connectivity index (χ2v) is 8.59. The highest BCUT2D eigenvalue weighted by molar-refractivity contribution is 8.18. The molecule has 2 aliphatic rings. The van der Waals surface area contributed by atoms with E-state index in [2.05, 4.69) is 0 Å². The summed E-state index contributed by atoms with van der Waals surface area (Å²) in [6.45, 7) is 1.28. The van der Waals surface area contributed by atoms with Crippen LogP contribution in [0.3, 0.4) is 0 Å². The van der Waals surface area contributed by atoms with Gasteiger partial charge in [0.1, 0.15) is 12.3 Å². The largest absolute Gasteiger partial charge is 0.450 e. The van der Waals surface area contributed by atoms with E-state index in [0.29, 0.717) is 31.9 Å². The fraction of sp³-hybridized carbons (Fsp3) is 0.227. The Labute approximate surface area is 207 Å². The number of non-ortho nitro benzene ring substituents is 1. The van der Waals surface area contributed by atoms with Crippen molar-refractivity contribution in [1.82, 2.24) is 9.80 Å². The molecular formula is C22H18N4O9S. The number of hydrogen-bond acceptors (Lipinski definition) is 10. The molecule has 2 aromatic rings. The van der Waals surface area contributed by atoms with Gasteiger partial charge in [0.15, 0.2) is 0 Å². The van der Waals surface area contributed by atoms with Crippen molar-refractivity contribution in [3.8, 4) is 11.5 Å². The zero-order valence-electron chi connectivity index (χ0n) is 18.5. The molecule has 2 heterocycles. The maximum Gasteiger partial charge on any atom is 0.318 e. The van der Waals surface area contributed by atoms with Crippen molar-refractivity contribution in [2.24, 2.45) is 0 Å². The molecular weight excluding hydrogens is 496 g/mol. The number of carbonyl (C=O) groups excluding carboxylic acids is 3. The molecule has 0 saturated carbocycles. The number of nitrogens with zero attached hydrogens (tertiary/aromatic N) is 4. The summed E-state index contributed by atoms with van der Waals surface area (Å²) in [5.41, 5.74) is -0.455. The third kappa shape index (κ3) is 5.50. The van der Waals surface area contributed by atoms with Gasteiger partial charge in [-0.05, 0) is 41.6 Å². The molecule has 13 nitrogen and oxygen atoms in total. The molecule has 2 aromatic carbocycles. The molecule has 0 N–H and O–H groups in total. The van der Waals surface area contributed by atoms with E-state index in [1.165, 1.54) is 18.2 Å². The molecule has 0 atom stereocenters. The van der Waals surface area contributed by atoms with Crippen LogP contribution in [0.1, 0.15) is 5.56 Å². The molecule has 2 aliphatic heterocycles. The standard InChI is InChI=1S/C22H18N4O9S/c27-20(23-7-9-34-10-8-23)13-24-21(28)19(36-22(24)29)11-14-1-4-16(5-2-14)35-18-6-3-15(25(30)31)12-17(18)26(32)33/h1-6,11-12H,7-10,13H2/b19-11-. The summed E-state index contributed by atoms with van der Waals surface area (Å²) >= 11 is 0.723. The zero-order valence-corrected chi connectivity index (χ0v) is 19.3. The molecule has 0 bridgehead atoms. The fourth-order valence-corrected chi connectivity index (χ4v) is 4.28. The number of carbonyl (C=O) groups is 3. The smallest absolute Gasteiger partial charge is 0.318 e. The van der Waals surface area contributed by atoms with Crippen molar-refractivity contribution >= 4 is 46.3 Å².